The van der Waals surface area contributed by atoms with Gasteiger partial charge in [-0.2, -0.15) is 0 Å². The van der Waals surface area contributed by atoms with E-state index in [-0.39, 0.29) is 24.5 Å². The lowest BCUT2D eigenvalue weighted by Crippen LogP contribution is -2.36. The number of nitrogens with two attached hydrogens (primary N) is 1. The van der Waals surface area contributed by atoms with E-state index < -0.39 is 0 Å². The van der Waals surface area contributed by atoms with E-state index in [0.29, 0.717) is 11.6 Å². The predicted octanol–water partition coefficient (Wildman–Crippen LogP) is -0.186. The Morgan fingerprint density at radius 3 is 2.92 bits per heavy atom. The van der Waals surface area contributed by atoms with Gasteiger partial charge in [0.25, 0.3) is 0 Å². The van der Waals surface area contributed by atoms with Crippen molar-refractivity contribution < 1.29 is 9.53 Å². The Bertz CT molecular complexity index is 220. The lowest BCUT2D eigenvalue weighted by atomic mass is 10.1. The molecule has 1 aliphatic heterocycles. The molecule has 3 N–H and O–H groups in total. The van der Waals surface area contributed by atoms with Gasteiger partial charge in [-0.05, 0) is 13.3 Å². The van der Waals surface area contributed by atoms with E-state index in [9.17, 15) is 4.79 Å². The third-order valence-corrected chi connectivity index (χ3v) is 2.15. The molecule has 0 aromatic rings. The van der Waals surface area contributed by atoms with Crippen molar-refractivity contribution >= 4 is 23.1 Å². The molecule has 1 heterocycles. The van der Waals surface area contributed by atoms with Crippen molar-refractivity contribution in [3.8, 4) is 0 Å². The molecule has 0 aromatic carbocycles. The summed E-state index contributed by atoms with van der Waals surface area (Å²) in [5.41, 5.74) is 5.25. The van der Waals surface area contributed by atoms with Gasteiger partial charge in [0.2, 0.25) is 5.91 Å². The summed E-state index contributed by atoms with van der Waals surface area (Å²) < 4.78 is 5.27. The van der Waals surface area contributed by atoms with Crippen LogP contribution in [0.15, 0.2) is 0 Å². The van der Waals surface area contributed by atoms with Crippen LogP contribution in [0, 0.1) is 5.92 Å². The van der Waals surface area contributed by atoms with Crippen molar-refractivity contribution in [1.82, 2.24) is 5.32 Å². The lowest BCUT2D eigenvalue weighted by Gasteiger charge is -2.07. The van der Waals surface area contributed by atoms with Gasteiger partial charge in [0.15, 0.2) is 0 Å². The molecule has 0 spiro atoms. The summed E-state index contributed by atoms with van der Waals surface area (Å²) in [6.07, 6.45) is 0.962. The fourth-order valence-electron chi connectivity index (χ4n) is 1.32. The Labute approximate surface area is 82.8 Å². The van der Waals surface area contributed by atoms with Crippen LogP contribution in [0.2, 0.25) is 0 Å². The molecule has 2 atom stereocenters. The van der Waals surface area contributed by atoms with Crippen LogP contribution in [0.4, 0.5) is 0 Å². The minimum atomic E-state index is -0.0376. The lowest BCUT2D eigenvalue weighted by molar-refractivity contribution is -0.124. The molecular weight excluding hydrogens is 188 g/mol. The average Bonchev–Trinajstić information content (AvgIpc) is 2.47. The van der Waals surface area contributed by atoms with Crippen molar-refractivity contribution in [1.29, 1.82) is 0 Å². The van der Waals surface area contributed by atoms with Crippen LogP contribution in [0.25, 0.3) is 0 Å². The number of thiocarbonyl (C=S) groups is 1. The second-order valence-corrected chi connectivity index (χ2v) is 3.79. The molecule has 74 valence electrons. The molecular formula is C8H14N2O2S. The normalized spacial score (nSPS) is 27.2. The number of nitrogens with one attached hydrogen (secondary N) is 1. The van der Waals surface area contributed by atoms with Crippen molar-refractivity contribution in [3.05, 3.63) is 0 Å². The molecule has 1 rings (SSSR count). The van der Waals surface area contributed by atoms with E-state index in [2.05, 4.69) is 17.5 Å². The van der Waals surface area contributed by atoms with Gasteiger partial charge in [-0.1, -0.05) is 12.2 Å². The first-order valence-electron chi connectivity index (χ1n) is 4.27. The standard InChI is InChI=1S/C8H14N2O2S/c1-5-2-6(4-12-5)8(11)10-3-7(9)13/h5-6H,2-4H2,1H3,(H2,9,13)(H,10,11). The van der Waals surface area contributed by atoms with Crippen LogP contribution in [-0.4, -0.2) is 30.2 Å². The molecule has 0 aromatic heterocycles. The molecule has 1 fully saturated rings. The maximum absolute atomic E-state index is 11.4. The Balaban J connectivity index is 2.27. The van der Waals surface area contributed by atoms with Gasteiger partial charge >= 0.3 is 0 Å². The van der Waals surface area contributed by atoms with Gasteiger partial charge in [0.1, 0.15) is 0 Å². The average molecular weight is 202 g/mol. The van der Waals surface area contributed by atoms with Crippen molar-refractivity contribution in [2.45, 2.75) is 19.4 Å². The molecule has 13 heavy (non-hydrogen) atoms. The van der Waals surface area contributed by atoms with E-state index >= 15 is 0 Å². The Morgan fingerprint density at radius 2 is 2.46 bits per heavy atom. The van der Waals surface area contributed by atoms with Crippen LogP contribution in [0.3, 0.4) is 0 Å². The van der Waals surface area contributed by atoms with Crippen LogP contribution >= 0.6 is 12.2 Å². The van der Waals surface area contributed by atoms with Gasteiger partial charge in [0, 0.05) is 0 Å². The van der Waals surface area contributed by atoms with Crippen molar-refractivity contribution in [2.75, 3.05) is 13.2 Å². The molecule has 0 radical (unpaired) electrons. The van der Waals surface area contributed by atoms with E-state index in [0.717, 1.165) is 6.42 Å². The summed E-state index contributed by atoms with van der Waals surface area (Å²) in [5.74, 6) is -0.0542. The topological polar surface area (TPSA) is 64.4 Å². The van der Waals surface area contributed by atoms with Gasteiger partial charge in [0.05, 0.1) is 30.2 Å². The monoisotopic (exact) mass is 202 g/mol. The summed E-state index contributed by atoms with van der Waals surface area (Å²) in [6.45, 7) is 2.74. The van der Waals surface area contributed by atoms with E-state index in [1.165, 1.54) is 0 Å². The highest BCUT2D eigenvalue weighted by molar-refractivity contribution is 7.80. The Kier molecular flexibility index (Phi) is 3.62. The quantitative estimate of drug-likeness (QED) is 0.623. The molecule has 5 heteroatoms. The SMILES string of the molecule is CC1CC(C(=O)NCC(N)=S)CO1. The first kappa shape index (κ1) is 10.4. The van der Waals surface area contributed by atoms with Gasteiger partial charge in [-0.15, -0.1) is 0 Å². The van der Waals surface area contributed by atoms with E-state index in [1.807, 2.05) is 6.92 Å². The first-order chi connectivity index (χ1) is 6.09. The number of carbonyl (C=O) groups excluding carboxylic acids is 1. The molecule has 0 bridgehead atoms. The van der Waals surface area contributed by atoms with Crippen LogP contribution in [0.5, 0.6) is 0 Å². The molecule has 4 nitrogen and oxygen atoms in total. The Morgan fingerprint density at radius 1 is 1.77 bits per heavy atom. The number of rotatable bonds is 3. The van der Waals surface area contributed by atoms with Gasteiger partial charge < -0.3 is 15.8 Å². The van der Waals surface area contributed by atoms with Gasteiger partial charge in [-0.25, -0.2) is 0 Å². The molecule has 1 aliphatic rings. The maximum atomic E-state index is 11.4. The van der Waals surface area contributed by atoms with Crippen LogP contribution in [0.1, 0.15) is 13.3 Å². The summed E-state index contributed by atoms with van der Waals surface area (Å²) in [6, 6.07) is 0. The second kappa shape index (κ2) is 4.53. The molecule has 1 saturated heterocycles. The number of amides is 1. The minimum Gasteiger partial charge on any atom is -0.392 e. The summed E-state index contributed by atoms with van der Waals surface area (Å²) in [5, 5.41) is 2.66. The molecule has 1 amide bonds. The highest BCUT2D eigenvalue weighted by atomic mass is 32.1. The first-order valence-corrected chi connectivity index (χ1v) is 4.68. The number of ether oxygens (including phenoxy) is 1. The number of carbonyl (C=O) groups is 1. The second-order valence-electron chi connectivity index (χ2n) is 3.26. The zero-order valence-corrected chi connectivity index (χ0v) is 8.39. The minimum absolute atomic E-state index is 0.0165. The fourth-order valence-corrected chi connectivity index (χ4v) is 1.39. The smallest absolute Gasteiger partial charge is 0.225 e. The Hall–Kier alpha value is -0.680. The predicted molar refractivity (Wildman–Crippen MR) is 53.3 cm³/mol. The fraction of sp³-hybridized carbons (Fsp3) is 0.750. The molecule has 2 unspecified atom stereocenters. The van der Waals surface area contributed by atoms with Crippen LogP contribution < -0.4 is 11.1 Å². The molecule has 0 aliphatic carbocycles. The van der Waals surface area contributed by atoms with Crippen molar-refractivity contribution in [3.63, 3.8) is 0 Å². The number of hydrogen-bond acceptors (Lipinski definition) is 3. The highest BCUT2D eigenvalue weighted by Gasteiger charge is 2.27. The largest absolute Gasteiger partial charge is 0.392 e. The van der Waals surface area contributed by atoms with Gasteiger partial charge in [-0.3, -0.25) is 4.79 Å². The number of hydrogen-bond donors (Lipinski definition) is 2. The summed E-state index contributed by atoms with van der Waals surface area (Å²) >= 11 is 4.64. The third-order valence-electron chi connectivity index (χ3n) is 2.01. The van der Waals surface area contributed by atoms with Crippen molar-refractivity contribution in [2.24, 2.45) is 11.7 Å². The van der Waals surface area contributed by atoms with Crippen LogP contribution in [-0.2, 0) is 9.53 Å². The maximum Gasteiger partial charge on any atom is 0.225 e. The summed E-state index contributed by atoms with van der Waals surface area (Å²) in [7, 11) is 0. The zero-order chi connectivity index (χ0) is 9.84. The van der Waals surface area contributed by atoms with E-state index in [1.54, 1.807) is 0 Å². The third kappa shape index (κ3) is 3.28. The molecule has 0 saturated carbocycles. The van der Waals surface area contributed by atoms with E-state index in [4.69, 9.17) is 10.5 Å². The summed E-state index contributed by atoms with van der Waals surface area (Å²) in [4.78, 5) is 11.7. The highest BCUT2D eigenvalue weighted by Crippen LogP contribution is 2.18. The zero-order valence-electron chi connectivity index (χ0n) is 7.58.